The number of nitrogens with one attached hydrogen (secondary N) is 1. The van der Waals surface area contributed by atoms with Crippen molar-refractivity contribution in [2.75, 3.05) is 25.2 Å². The number of ether oxygens (including phenoxy) is 2. The summed E-state index contributed by atoms with van der Waals surface area (Å²) < 4.78 is 10.4. The molecule has 0 spiro atoms. The van der Waals surface area contributed by atoms with Crippen molar-refractivity contribution in [3.8, 4) is 11.5 Å². The van der Waals surface area contributed by atoms with E-state index < -0.39 is 0 Å². The Labute approximate surface area is 86.9 Å². The van der Waals surface area contributed by atoms with Crippen LogP contribution < -0.4 is 20.5 Å². The van der Waals surface area contributed by atoms with Gasteiger partial charge in [-0.1, -0.05) is 11.6 Å². The van der Waals surface area contributed by atoms with E-state index in [1.807, 2.05) is 6.07 Å². The predicted octanol–water partition coefficient (Wildman–Crippen LogP) is 1.44. The summed E-state index contributed by atoms with van der Waals surface area (Å²) in [4.78, 5) is 0. The summed E-state index contributed by atoms with van der Waals surface area (Å²) in [6.45, 7) is 1.50. The van der Waals surface area contributed by atoms with E-state index in [1.54, 1.807) is 6.07 Å². The number of benzene rings is 1. The summed E-state index contributed by atoms with van der Waals surface area (Å²) in [6.07, 6.45) is 0. The molecule has 2 rings (SSSR count). The van der Waals surface area contributed by atoms with Crippen LogP contribution in [0.4, 0.5) is 5.69 Å². The van der Waals surface area contributed by atoms with Crippen LogP contribution in [0.15, 0.2) is 12.1 Å². The second kappa shape index (κ2) is 3.94. The van der Waals surface area contributed by atoms with Gasteiger partial charge in [0, 0.05) is 25.2 Å². The fourth-order valence-electron chi connectivity index (χ4n) is 1.26. The van der Waals surface area contributed by atoms with Gasteiger partial charge in [-0.15, -0.1) is 0 Å². The average Bonchev–Trinajstić information content (AvgIpc) is 2.61. The van der Waals surface area contributed by atoms with Crippen molar-refractivity contribution < 1.29 is 9.47 Å². The molecule has 0 atom stereocenters. The Bertz CT molecular complexity index is 344. The smallest absolute Gasteiger partial charge is 0.231 e. The van der Waals surface area contributed by atoms with Crippen LogP contribution in [0.1, 0.15) is 0 Å². The van der Waals surface area contributed by atoms with Crippen LogP contribution in [0.25, 0.3) is 0 Å². The fourth-order valence-corrected chi connectivity index (χ4v) is 1.48. The van der Waals surface area contributed by atoms with Crippen LogP contribution in [0, 0.1) is 0 Å². The molecule has 0 radical (unpaired) electrons. The number of anilines is 1. The highest BCUT2D eigenvalue weighted by molar-refractivity contribution is 6.33. The second-order valence-electron chi connectivity index (χ2n) is 2.90. The van der Waals surface area contributed by atoms with Gasteiger partial charge < -0.3 is 20.5 Å². The van der Waals surface area contributed by atoms with Crippen molar-refractivity contribution in [3.63, 3.8) is 0 Å². The number of halogens is 1. The molecule has 1 aliphatic rings. The summed E-state index contributed by atoms with van der Waals surface area (Å²) in [5.41, 5.74) is 6.20. The molecule has 0 saturated heterocycles. The lowest BCUT2D eigenvalue weighted by Gasteiger charge is -2.07. The van der Waals surface area contributed by atoms with E-state index >= 15 is 0 Å². The topological polar surface area (TPSA) is 56.5 Å². The van der Waals surface area contributed by atoms with E-state index in [0.717, 1.165) is 5.69 Å². The number of rotatable bonds is 3. The molecule has 5 heteroatoms. The summed E-state index contributed by atoms with van der Waals surface area (Å²) in [6, 6.07) is 3.56. The Hall–Kier alpha value is -1.13. The molecule has 0 aromatic heterocycles. The normalized spacial score (nSPS) is 13.0. The maximum absolute atomic E-state index is 6.00. The van der Waals surface area contributed by atoms with Crippen LogP contribution in [-0.4, -0.2) is 19.9 Å². The molecule has 76 valence electrons. The zero-order valence-corrected chi connectivity index (χ0v) is 8.30. The van der Waals surface area contributed by atoms with E-state index in [1.165, 1.54) is 0 Å². The van der Waals surface area contributed by atoms with Crippen molar-refractivity contribution in [3.05, 3.63) is 17.2 Å². The van der Waals surface area contributed by atoms with Gasteiger partial charge in [0.15, 0.2) is 11.5 Å². The maximum Gasteiger partial charge on any atom is 0.231 e. The molecular formula is C9H11ClN2O2. The minimum atomic E-state index is 0.256. The van der Waals surface area contributed by atoms with Crippen LogP contribution in [0.3, 0.4) is 0 Å². The van der Waals surface area contributed by atoms with Gasteiger partial charge in [0.1, 0.15) is 0 Å². The van der Waals surface area contributed by atoms with Crippen molar-refractivity contribution in [1.82, 2.24) is 0 Å². The summed E-state index contributed by atoms with van der Waals surface area (Å²) in [5, 5.41) is 3.71. The SMILES string of the molecule is NCCNc1cc2c(cc1Cl)OCO2. The van der Waals surface area contributed by atoms with Gasteiger partial charge >= 0.3 is 0 Å². The van der Waals surface area contributed by atoms with Gasteiger partial charge in [-0.3, -0.25) is 0 Å². The molecule has 1 heterocycles. The Balaban J connectivity index is 2.23. The molecule has 3 N–H and O–H groups in total. The van der Waals surface area contributed by atoms with Gasteiger partial charge in [0.05, 0.1) is 10.7 Å². The summed E-state index contributed by atoms with van der Waals surface area (Å²) >= 11 is 6.00. The third kappa shape index (κ3) is 1.71. The van der Waals surface area contributed by atoms with E-state index in [4.69, 9.17) is 26.8 Å². The van der Waals surface area contributed by atoms with Gasteiger partial charge in [-0.25, -0.2) is 0 Å². The van der Waals surface area contributed by atoms with Crippen molar-refractivity contribution in [1.29, 1.82) is 0 Å². The first kappa shape index (κ1) is 9.43. The lowest BCUT2D eigenvalue weighted by atomic mass is 10.2. The maximum atomic E-state index is 6.00. The molecule has 1 aromatic rings. The fraction of sp³-hybridized carbons (Fsp3) is 0.333. The van der Waals surface area contributed by atoms with E-state index in [0.29, 0.717) is 29.6 Å². The zero-order valence-electron chi connectivity index (χ0n) is 7.55. The molecule has 0 aliphatic carbocycles. The number of fused-ring (bicyclic) bond motifs is 1. The van der Waals surface area contributed by atoms with Crippen LogP contribution >= 0.6 is 11.6 Å². The second-order valence-corrected chi connectivity index (χ2v) is 3.31. The zero-order chi connectivity index (χ0) is 9.97. The van der Waals surface area contributed by atoms with Crippen LogP contribution in [0.5, 0.6) is 11.5 Å². The lowest BCUT2D eigenvalue weighted by Crippen LogP contribution is -2.13. The van der Waals surface area contributed by atoms with Crippen LogP contribution in [0.2, 0.25) is 5.02 Å². The molecule has 0 fully saturated rings. The van der Waals surface area contributed by atoms with Crippen LogP contribution in [-0.2, 0) is 0 Å². The number of hydrogen-bond donors (Lipinski definition) is 2. The molecular weight excluding hydrogens is 204 g/mol. The lowest BCUT2D eigenvalue weighted by molar-refractivity contribution is 0.174. The van der Waals surface area contributed by atoms with Gasteiger partial charge in [0.25, 0.3) is 0 Å². The molecule has 1 aliphatic heterocycles. The molecule has 14 heavy (non-hydrogen) atoms. The molecule has 0 bridgehead atoms. The quantitative estimate of drug-likeness (QED) is 0.800. The van der Waals surface area contributed by atoms with Gasteiger partial charge in [0.2, 0.25) is 6.79 Å². The standard InChI is InChI=1S/C9H11ClN2O2/c10-6-3-8-9(14-5-13-8)4-7(6)12-2-1-11/h3-4,12H,1-2,5,11H2. The Morgan fingerprint density at radius 3 is 2.79 bits per heavy atom. The average molecular weight is 215 g/mol. The van der Waals surface area contributed by atoms with E-state index in [9.17, 15) is 0 Å². The monoisotopic (exact) mass is 214 g/mol. The molecule has 0 unspecified atom stereocenters. The minimum absolute atomic E-state index is 0.256. The highest BCUT2D eigenvalue weighted by Gasteiger charge is 2.15. The van der Waals surface area contributed by atoms with Crippen molar-refractivity contribution in [2.24, 2.45) is 5.73 Å². The molecule has 4 nitrogen and oxygen atoms in total. The number of hydrogen-bond acceptors (Lipinski definition) is 4. The third-order valence-electron chi connectivity index (χ3n) is 1.92. The number of nitrogens with two attached hydrogens (primary N) is 1. The molecule has 0 saturated carbocycles. The minimum Gasteiger partial charge on any atom is -0.454 e. The summed E-state index contributed by atoms with van der Waals surface area (Å²) in [5.74, 6) is 1.40. The first-order valence-electron chi connectivity index (χ1n) is 4.34. The Morgan fingerprint density at radius 1 is 1.36 bits per heavy atom. The Morgan fingerprint density at radius 2 is 2.07 bits per heavy atom. The summed E-state index contributed by atoms with van der Waals surface area (Å²) in [7, 11) is 0. The molecule has 0 amide bonds. The molecule has 1 aromatic carbocycles. The predicted molar refractivity (Wildman–Crippen MR) is 55.1 cm³/mol. The van der Waals surface area contributed by atoms with Crippen molar-refractivity contribution >= 4 is 17.3 Å². The van der Waals surface area contributed by atoms with E-state index in [-0.39, 0.29) is 6.79 Å². The first-order chi connectivity index (χ1) is 6.81. The third-order valence-corrected chi connectivity index (χ3v) is 2.23. The first-order valence-corrected chi connectivity index (χ1v) is 4.72. The largest absolute Gasteiger partial charge is 0.454 e. The Kier molecular flexibility index (Phi) is 2.65. The highest BCUT2D eigenvalue weighted by Crippen LogP contribution is 2.38. The highest BCUT2D eigenvalue weighted by atomic mass is 35.5. The van der Waals surface area contributed by atoms with Gasteiger partial charge in [-0.2, -0.15) is 0 Å². The van der Waals surface area contributed by atoms with E-state index in [2.05, 4.69) is 5.32 Å². The van der Waals surface area contributed by atoms with Gasteiger partial charge in [-0.05, 0) is 0 Å². The van der Waals surface area contributed by atoms with Crippen molar-refractivity contribution in [2.45, 2.75) is 0 Å².